The van der Waals surface area contributed by atoms with Gasteiger partial charge in [-0.3, -0.25) is 0 Å². The molecule has 0 saturated heterocycles. The number of aliphatic hydroxyl groups excluding tert-OH is 1. The van der Waals surface area contributed by atoms with Crippen molar-refractivity contribution in [2.75, 3.05) is 23.4 Å². The van der Waals surface area contributed by atoms with Crippen LogP contribution in [0.25, 0.3) is 0 Å². The van der Waals surface area contributed by atoms with Crippen molar-refractivity contribution in [2.24, 2.45) is 5.92 Å². The molecule has 1 atom stereocenters. The Labute approximate surface area is 165 Å². The zero-order valence-electron chi connectivity index (χ0n) is 16.0. The summed E-state index contributed by atoms with van der Waals surface area (Å²) in [5.74, 6) is 2.45. The van der Waals surface area contributed by atoms with Crippen molar-refractivity contribution >= 4 is 23.4 Å². The maximum Gasteiger partial charge on any atom is 0.225 e. The van der Waals surface area contributed by atoms with Crippen LogP contribution in [0.15, 0.2) is 24.3 Å². The summed E-state index contributed by atoms with van der Waals surface area (Å²) in [4.78, 5) is 11.9. The molecule has 1 fully saturated rings. The highest BCUT2D eigenvalue weighted by molar-refractivity contribution is 6.30. The lowest BCUT2D eigenvalue weighted by atomic mass is 10.00. The molecule has 27 heavy (non-hydrogen) atoms. The van der Waals surface area contributed by atoms with E-state index >= 15 is 0 Å². The molecular formula is C21H27ClN4O. The molecule has 1 aliphatic carbocycles. The van der Waals surface area contributed by atoms with Crippen LogP contribution < -0.4 is 10.2 Å². The second-order valence-corrected chi connectivity index (χ2v) is 8.45. The third kappa shape index (κ3) is 4.19. The largest absolute Gasteiger partial charge is 0.394 e. The van der Waals surface area contributed by atoms with Crippen LogP contribution in [0.2, 0.25) is 5.02 Å². The zero-order chi connectivity index (χ0) is 19.0. The normalized spacial score (nSPS) is 17.7. The van der Waals surface area contributed by atoms with Gasteiger partial charge in [-0.2, -0.15) is 4.98 Å². The first-order chi connectivity index (χ1) is 13.0. The third-order valence-electron chi connectivity index (χ3n) is 5.55. The molecule has 5 nitrogen and oxygen atoms in total. The minimum atomic E-state index is -0.0449. The van der Waals surface area contributed by atoms with Gasteiger partial charge < -0.3 is 15.3 Å². The molecule has 0 radical (unpaired) electrons. The molecule has 6 heteroatoms. The van der Waals surface area contributed by atoms with E-state index in [0.29, 0.717) is 17.8 Å². The van der Waals surface area contributed by atoms with E-state index in [0.717, 1.165) is 36.0 Å². The Morgan fingerprint density at radius 3 is 2.74 bits per heavy atom. The number of benzene rings is 1. The smallest absolute Gasteiger partial charge is 0.225 e. The molecule has 2 heterocycles. The molecule has 1 aromatic heterocycles. The average Bonchev–Trinajstić information content (AvgIpc) is 3.50. The van der Waals surface area contributed by atoms with Gasteiger partial charge in [-0.05, 0) is 48.4 Å². The number of rotatable bonds is 6. The zero-order valence-corrected chi connectivity index (χ0v) is 16.7. The monoisotopic (exact) mass is 386 g/mol. The Kier molecular flexibility index (Phi) is 5.24. The second-order valence-electron chi connectivity index (χ2n) is 8.01. The molecule has 2 aromatic rings. The van der Waals surface area contributed by atoms with Gasteiger partial charge in [0, 0.05) is 30.1 Å². The summed E-state index contributed by atoms with van der Waals surface area (Å²) in [5.41, 5.74) is 3.75. The molecule has 1 aliphatic heterocycles. The Bertz CT molecular complexity index is 822. The van der Waals surface area contributed by atoms with E-state index < -0.39 is 0 Å². The molecule has 0 spiro atoms. The van der Waals surface area contributed by atoms with Crippen molar-refractivity contribution in [2.45, 2.75) is 51.6 Å². The number of halogens is 1. The number of anilines is 2. The fourth-order valence-electron chi connectivity index (χ4n) is 3.57. The predicted octanol–water partition coefficient (Wildman–Crippen LogP) is 4.00. The van der Waals surface area contributed by atoms with Crippen LogP contribution in [0.5, 0.6) is 0 Å². The lowest BCUT2D eigenvalue weighted by Crippen LogP contribution is -2.33. The minimum absolute atomic E-state index is 0.0449. The van der Waals surface area contributed by atoms with E-state index in [-0.39, 0.29) is 12.6 Å². The van der Waals surface area contributed by atoms with Gasteiger partial charge >= 0.3 is 0 Å². The van der Waals surface area contributed by atoms with Gasteiger partial charge in [-0.15, -0.1) is 0 Å². The van der Waals surface area contributed by atoms with E-state index in [2.05, 4.69) is 42.3 Å². The van der Waals surface area contributed by atoms with Gasteiger partial charge in [-0.25, -0.2) is 4.98 Å². The number of nitrogens with one attached hydrogen (secondary N) is 1. The van der Waals surface area contributed by atoms with Crippen LogP contribution in [-0.2, 0) is 13.0 Å². The Morgan fingerprint density at radius 1 is 1.22 bits per heavy atom. The lowest BCUT2D eigenvalue weighted by Gasteiger charge is -2.30. The van der Waals surface area contributed by atoms with Crippen molar-refractivity contribution in [3.8, 4) is 0 Å². The van der Waals surface area contributed by atoms with Gasteiger partial charge in [0.25, 0.3) is 0 Å². The van der Waals surface area contributed by atoms with E-state index in [9.17, 15) is 5.11 Å². The van der Waals surface area contributed by atoms with Crippen molar-refractivity contribution in [1.29, 1.82) is 0 Å². The number of hydrogen-bond acceptors (Lipinski definition) is 5. The summed E-state index contributed by atoms with van der Waals surface area (Å²) in [6, 6.07) is 8.25. The summed E-state index contributed by atoms with van der Waals surface area (Å²) < 4.78 is 0. The van der Waals surface area contributed by atoms with Crippen LogP contribution in [0, 0.1) is 5.92 Å². The van der Waals surface area contributed by atoms with E-state index in [4.69, 9.17) is 21.6 Å². The number of hydrogen-bond donors (Lipinski definition) is 2. The summed E-state index contributed by atoms with van der Waals surface area (Å²) >= 11 is 6.14. The maximum atomic E-state index is 9.66. The molecule has 0 unspecified atom stereocenters. The third-order valence-corrected chi connectivity index (χ3v) is 5.78. The van der Waals surface area contributed by atoms with Crippen LogP contribution in [0.4, 0.5) is 11.8 Å². The molecule has 4 rings (SSSR count). The topological polar surface area (TPSA) is 61.3 Å². The van der Waals surface area contributed by atoms with E-state index in [1.165, 1.54) is 24.0 Å². The molecular weight excluding hydrogens is 360 g/mol. The molecule has 0 bridgehead atoms. The number of aromatic nitrogens is 2. The molecule has 0 amide bonds. The van der Waals surface area contributed by atoms with Gasteiger partial charge in [0.2, 0.25) is 5.95 Å². The average molecular weight is 387 g/mol. The summed E-state index contributed by atoms with van der Waals surface area (Å²) in [5, 5.41) is 13.8. The van der Waals surface area contributed by atoms with Crippen molar-refractivity contribution in [3.05, 3.63) is 46.1 Å². The second kappa shape index (κ2) is 7.64. The van der Waals surface area contributed by atoms with Crippen LogP contribution in [0.3, 0.4) is 0 Å². The Balaban J connectivity index is 1.61. The fraction of sp³-hybridized carbons (Fsp3) is 0.524. The van der Waals surface area contributed by atoms with Gasteiger partial charge in [0.15, 0.2) is 0 Å². The highest BCUT2D eigenvalue weighted by atomic mass is 35.5. The molecule has 2 aliphatic rings. The van der Waals surface area contributed by atoms with E-state index in [1.807, 2.05) is 6.07 Å². The number of nitrogens with zero attached hydrogens (tertiary/aromatic N) is 3. The van der Waals surface area contributed by atoms with Gasteiger partial charge in [-0.1, -0.05) is 31.5 Å². The van der Waals surface area contributed by atoms with Crippen LogP contribution in [-0.4, -0.2) is 34.3 Å². The molecule has 1 aromatic carbocycles. The Hall–Kier alpha value is -1.85. The predicted molar refractivity (Wildman–Crippen MR) is 110 cm³/mol. The summed E-state index contributed by atoms with van der Waals surface area (Å²) in [6.45, 7) is 6.00. The quantitative estimate of drug-likeness (QED) is 0.785. The first-order valence-electron chi connectivity index (χ1n) is 9.82. The molecule has 144 valence electrons. The highest BCUT2D eigenvalue weighted by Crippen LogP contribution is 2.40. The first-order valence-corrected chi connectivity index (χ1v) is 10.2. The van der Waals surface area contributed by atoms with Gasteiger partial charge in [0.05, 0.1) is 18.3 Å². The lowest BCUT2D eigenvalue weighted by molar-refractivity contribution is 0.248. The van der Waals surface area contributed by atoms with Crippen molar-refractivity contribution < 1.29 is 5.11 Å². The Morgan fingerprint density at radius 2 is 2.04 bits per heavy atom. The van der Waals surface area contributed by atoms with Crippen molar-refractivity contribution in [1.82, 2.24) is 9.97 Å². The fourth-order valence-corrected chi connectivity index (χ4v) is 3.77. The van der Waals surface area contributed by atoms with Crippen LogP contribution >= 0.6 is 11.6 Å². The highest BCUT2D eigenvalue weighted by Gasteiger charge is 2.28. The minimum Gasteiger partial charge on any atom is -0.394 e. The number of aliphatic hydroxyl groups is 1. The summed E-state index contributed by atoms with van der Waals surface area (Å²) in [7, 11) is 0. The standard InChI is InChI=1S/C21H27ClN4O/c1-13(2)19(12-27)24-21-23-18(14-3-4-14)10-20(25-21)26-8-7-15-9-17(22)6-5-16(15)11-26/h5-6,9-10,13-14,19,27H,3-4,7-8,11-12H2,1-2H3,(H,23,24,25)/t19-/m1/s1. The maximum absolute atomic E-state index is 9.66. The number of fused-ring (bicyclic) bond motifs is 1. The molecule has 1 saturated carbocycles. The molecule has 2 N–H and O–H groups in total. The SMILES string of the molecule is CC(C)[C@@H](CO)Nc1nc(C2CC2)cc(N2CCc3cc(Cl)ccc3C2)n1. The van der Waals surface area contributed by atoms with Crippen LogP contribution in [0.1, 0.15) is 49.4 Å². The summed E-state index contributed by atoms with van der Waals surface area (Å²) in [6.07, 6.45) is 3.36. The van der Waals surface area contributed by atoms with Crippen molar-refractivity contribution in [3.63, 3.8) is 0 Å². The van der Waals surface area contributed by atoms with Gasteiger partial charge in [0.1, 0.15) is 5.82 Å². The van der Waals surface area contributed by atoms with E-state index in [1.54, 1.807) is 0 Å². The first kappa shape index (κ1) is 18.5.